The van der Waals surface area contributed by atoms with E-state index in [2.05, 4.69) is 42.5 Å². The van der Waals surface area contributed by atoms with Crippen LogP contribution in [-0.4, -0.2) is 216 Å². The molecule has 0 aromatic heterocycles. The van der Waals surface area contributed by atoms with Crippen LogP contribution in [0.2, 0.25) is 5.02 Å². The molecule has 5 aromatic rings. The Morgan fingerprint density at radius 3 is 1.85 bits per heavy atom. The maximum atomic E-state index is 16.6. The fourth-order valence-corrected chi connectivity index (χ4v) is 18.9. The number of aliphatic hydroxyl groups excluding tert-OH is 6. The summed E-state index contributed by atoms with van der Waals surface area (Å²) >= 11 is 7.20. The van der Waals surface area contributed by atoms with Crippen LogP contribution in [-0.2, 0) is 62.0 Å². The molecule has 5 aromatic carbocycles. The topological polar surface area (TPSA) is 567 Å². The van der Waals surface area contributed by atoms with Crippen LogP contribution in [0.5, 0.6) is 46.0 Å². The molecule has 0 radical (unpaired) electrons. The third-order valence-electron chi connectivity index (χ3n) is 24.6. The van der Waals surface area contributed by atoms with Gasteiger partial charge in [0.15, 0.2) is 30.2 Å². The minimum atomic E-state index is -2.32. The van der Waals surface area contributed by atoms with E-state index < -0.39 is 234 Å². The minimum Gasteiger partial charge on any atom is -0.508 e. The number of phenols is 3. The first-order chi connectivity index (χ1) is 56.8. The number of carbonyl (C=O) groups is 8. The Balaban J connectivity index is 0.989. The molecule has 37 heteroatoms. The zero-order chi connectivity index (χ0) is 86.2. The maximum absolute atomic E-state index is 16.6. The van der Waals surface area contributed by atoms with Gasteiger partial charge in [-0.05, 0) is 185 Å². The van der Waals surface area contributed by atoms with E-state index in [1.807, 2.05) is 13.8 Å². The Labute approximate surface area is 694 Å². The van der Waals surface area contributed by atoms with Gasteiger partial charge >= 0.3 is 0 Å². The number of aliphatic hydroxyl groups is 6. The van der Waals surface area contributed by atoms with Gasteiger partial charge in [-0.1, -0.05) is 49.7 Å². The largest absolute Gasteiger partial charge is 0.508 e. The monoisotopic (exact) mass is 1690 g/mol. The third kappa shape index (κ3) is 17.9. The summed E-state index contributed by atoms with van der Waals surface area (Å²) < 4.78 is 52.5. The number of aromatic hydroxyl groups is 3. The first kappa shape index (κ1) is 86.8. The molecular weight excluding hydrogens is 1590 g/mol. The molecule has 36 nitrogen and oxygen atoms in total. The summed E-state index contributed by atoms with van der Waals surface area (Å²) in [4.78, 5) is 124. The normalized spacial score (nSPS) is 35.1. The summed E-state index contributed by atoms with van der Waals surface area (Å²) in [6.07, 6.45) is -17.6. The fourth-order valence-electron chi connectivity index (χ4n) is 18.6. The van der Waals surface area contributed by atoms with Crippen molar-refractivity contribution in [1.82, 2.24) is 42.5 Å². The molecule has 0 unspecified atom stereocenters. The average molecular weight is 1690 g/mol. The van der Waals surface area contributed by atoms with Crippen LogP contribution in [0.15, 0.2) is 84.9 Å². The number of nitrogens with two attached hydrogens (primary N) is 3. The first-order valence-corrected chi connectivity index (χ1v) is 40.7. The van der Waals surface area contributed by atoms with Gasteiger partial charge in [0, 0.05) is 47.2 Å². The van der Waals surface area contributed by atoms with Crippen molar-refractivity contribution in [1.29, 1.82) is 0 Å². The second-order valence-electron chi connectivity index (χ2n) is 34.3. The number of fused-ring (bicyclic) bond motifs is 15. The van der Waals surface area contributed by atoms with E-state index in [4.69, 9.17) is 66.7 Å². The molecule has 3 saturated heterocycles. The van der Waals surface area contributed by atoms with Crippen LogP contribution in [0.25, 0.3) is 11.1 Å². The molecule has 17 rings (SSSR count). The van der Waals surface area contributed by atoms with Crippen molar-refractivity contribution in [3.05, 3.63) is 118 Å². The van der Waals surface area contributed by atoms with E-state index in [0.717, 1.165) is 62.4 Å². The van der Waals surface area contributed by atoms with Crippen molar-refractivity contribution in [2.75, 3.05) is 13.7 Å². The van der Waals surface area contributed by atoms with Gasteiger partial charge in [-0.2, -0.15) is 0 Å². The Morgan fingerprint density at radius 1 is 0.642 bits per heavy atom. The highest BCUT2D eigenvalue weighted by atomic mass is 35.5. The molecule has 4 saturated carbocycles. The van der Waals surface area contributed by atoms with Crippen molar-refractivity contribution in [2.45, 2.75) is 239 Å². The molecule has 8 heterocycles. The summed E-state index contributed by atoms with van der Waals surface area (Å²) in [5.41, 5.74) is 14.7. The van der Waals surface area contributed by atoms with E-state index >= 15 is 28.8 Å². The molecule has 23 N–H and O–H groups in total. The van der Waals surface area contributed by atoms with E-state index in [9.17, 15) is 55.5 Å². The van der Waals surface area contributed by atoms with Gasteiger partial charge in [0.2, 0.25) is 59.3 Å². The summed E-state index contributed by atoms with van der Waals surface area (Å²) in [7, 11) is 1.49. The van der Waals surface area contributed by atoms with Gasteiger partial charge in [-0.3, -0.25) is 38.4 Å². The van der Waals surface area contributed by atoms with Crippen molar-refractivity contribution >= 4 is 58.9 Å². The summed E-state index contributed by atoms with van der Waals surface area (Å²) in [5.74, 6) is -12.6. The van der Waals surface area contributed by atoms with E-state index in [1.54, 1.807) is 6.92 Å². The van der Waals surface area contributed by atoms with Crippen LogP contribution in [0, 0.1) is 29.6 Å². The molecule has 22 atom stereocenters. The quantitative estimate of drug-likeness (QED) is 0.0666. The Bertz CT molecular complexity index is 4720. The fraction of sp³-hybridized carbons (Fsp3) is 0.542. The summed E-state index contributed by atoms with van der Waals surface area (Å²) in [6.45, 7) is 8.83. The number of likely N-dealkylation sites (N-methyl/N-ethyl adjacent to an activating group) is 1. The smallest absolute Gasteiger partial charge is 0.248 e. The van der Waals surface area contributed by atoms with Crippen LogP contribution < -0.4 is 73.9 Å². The zero-order valence-electron chi connectivity index (χ0n) is 66.8. The van der Waals surface area contributed by atoms with Crippen molar-refractivity contribution in [3.63, 3.8) is 0 Å². The molecule has 0 spiro atoms. The van der Waals surface area contributed by atoms with Gasteiger partial charge in [-0.25, -0.2) is 0 Å². The van der Waals surface area contributed by atoms with Crippen LogP contribution in [0.3, 0.4) is 0 Å². The number of rotatable bonds is 16. The number of carbonyl (C=O) groups excluding carboxylic acids is 8. The summed E-state index contributed by atoms with van der Waals surface area (Å²) in [5, 5.41) is 127. The molecular formula is C83H104ClN11O25. The predicted molar refractivity (Wildman–Crippen MR) is 422 cm³/mol. The first-order valence-electron chi connectivity index (χ1n) is 40.3. The lowest BCUT2D eigenvalue weighted by molar-refractivity contribution is -0.333. The van der Waals surface area contributed by atoms with Gasteiger partial charge in [0.05, 0.1) is 48.5 Å². The third-order valence-corrected chi connectivity index (χ3v) is 24.9. The van der Waals surface area contributed by atoms with Crippen molar-refractivity contribution < 1.29 is 122 Å². The van der Waals surface area contributed by atoms with Gasteiger partial charge in [-0.15, -0.1) is 0 Å². The lowest BCUT2D eigenvalue weighted by atomic mass is 9.54. The molecule has 4 aliphatic carbocycles. The number of halogens is 1. The highest BCUT2D eigenvalue weighted by molar-refractivity contribution is 6.32. The van der Waals surface area contributed by atoms with Crippen molar-refractivity contribution in [3.8, 4) is 57.1 Å². The molecule has 7 fully saturated rings. The van der Waals surface area contributed by atoms with Crippen molar-refractivity contribution in [2.24, 2.45) is 46.8 Å². The molecule has 15 bridgehead atoms. The Hall–Kier alpha value is -9.61. The average Bonchev–Trinajstić information content (AvgIpc) is 0.756. The zero-order valence-corrected chi connectivity index (χ0v) is 67.6. The predicted octanol–water partition coefficient (Wildman–Crippen LogP) is 1.55. The number of hydrogen-bond acceptors (Lipinski definition) is 28. The number of nitrogens with one attached hydrogen (secondary N) is 8. The molecule has 648 valence electrons. The number of amides is 8. The standard InChI is InChI=1S/C83H104ClN11O25/c1-32(2)16-48(88-7)74(106)94-64-66(101)39-11-15-52(47(84)23-39)116-54-25-42-24-53(70(54)120-81-71(68(103)67(102)55(31-96)117-81)119-58-30-83(6,87)73(105)34(4)114-58)115-44-12-8-37(9-13-44)69(118-57-29-82(5,86)72(104)33(3)113-57)65-80(112)93-63(78(110)90-60-40-18-35-17-36(20-40)21-41(60)19-35)46-26-43(97)27-51(99)59(46)45-22-38(10-14-50(45)98)61(76(108)95-65)92-77(109)62(42)91-75(107)49(28-56(85)100)89-79(64)111/h8-15,22-27,32-36,40-41,48-49,55,57-58,60-69,71-73,81,88,96-99,101-105H,16-21,28-31,86-87H2,1-7H3,(H2,85,100)(H,89,111)(H,90,110)(H,91,107)(H,92,109)(H,93,112)(H,94,106)(H,95,108)/t33-,34-,35?,36?,40?,41?,48+,49-,55+,57-,58-,60?,61+,62+,63+,64+,65-,66+,67+,68-,69+,71+,72-,73-,81-,82-,83-/m0/s1. The van der Waals surface area contributed by atoms with E-state index in [0.29, 0.717) is 11.8 Å². The maximum Gasteiger partial charge on any atom is 0.248 e. The molecule has 8 aliphatic heterocycles. The van der Waals surface area contributed by atoms with E-state index in [-0.39, 0.29) is 93.0 Å². The van der Waals surface area contributed by atoms with Crippen LogP contribution in [0.4, 0.5) is 0 Å². The second kappa shape index (κ2) is 34.7. The number of benzene rings is 5. The second-order valence-corrected chi connectivity index (χ2v) is 34.7. The summed E-state index contributed by atoms with van der Waals surface area (Å²) in [6, 6.07) is 2.82. The lowest BCUT2D eigenvalue weighted by Gasteiger charge is -2.54. The van der Waals surface area contributed by atoms with E-state index in [1.165, 1.54) is 82.4 Å². The minimum absolute atomic E-state index is 0.0346. The lowest BCUT2D eigenvalue weighted by Crippen LogP contribution is -2.64. The number of hydrogen-bond donors (Lipinski definition) is 20. The Morgan fingerprint density at radius 2 is 1.24 bits per heavy atom. The number of primary amides is 1. The van der Waals surface area contributed by atoms with Crippen LogP contribution >= 0.6 is 11.6 Å². The highest BCUT2D eigenvalue weighted by Crippen LogP contribution is 2.55. The van der Waals surface area contributed by atoms with Crippen LogP contribution in [0.1, 0.15) is 157 Å². The SMILES string of the molecule is CN[C@H](CC(C)C)C(=O)N[C@H]1C(=O)N[C@@H](CC(N)=O)C(=O)N[C@H]2C(=O)N[C@H]3C(=O)N[C@H](C(=O)N[C@@H](C(=O)NC4C5CC6CC(C5)CC4C6)c4cc(O)cc(O)c4-c4cc3ccc4O)[C@H](O[C@H]3C[C@](C)(N)[C@@H](O)[C@H](C)O3)c3ccc(cc3)Oc3cc2cc(c3O[C@@H]2O[C@H](CO)[C@@H](O)[C@H](O)[C@H]2O[C@H]2C[C@](C)(N)[C@@H](O)[C@H](C)O2)Oc2ccc(cc2Cl)[C@H]1O. The number of ether oxygens (including phenoxy) is 8. The Kier molecular flexibility index (Phi) is 25.1. The van der Waals surface area contributed by atoms with Gasteiger partial charge in [0.1, 0.15) is 95.5 Å². The molecule has 8 amide bonds. The highest BCUT2D eigenvalue weighted by Gasteiger charge is 2.54. The molecule has 12 aliphatic rings. The molecule has 120 heavy (non-hydrogen) atoms. The van der Waals surface area contributed by atoms with Gasteiger partial charge < -0.3 is 144 Å². The van der Waals surface area contributed by atoms with Gasteiger partial charge in [0.25, 0.3) is 0 Å². The number of phenolic OH excluding ortho intramolecular Hbond substituents is 3.